The molecule has 2 aliphatic heterocycles. The molecule has 33 heavy (non-hydrogen) atoms. The highest BCUT2D eigenvalue weighted by Crippen LogP contribution is 2.40. The van der Waals surface area contributed by atoms with Gasteiger partial charge in [0, 0.05) is 12.6 Å². The summed E-state index contributed by atoms with van der Waals surface area (Å²) < 4.78 is 27.0. The van der Waals surface area contributed by atoms with Crippen LogP contribution in [0.25, 0.3) is 0 Å². The zero-order chi connectivity index (χ0) is 23.4. The third-order valence-electron chi connectivity index (χ3n) is 6.90. The molecule has 2 aromatic carbocycles. The molecule has 0 saturated carbocycles. The van der Waals surface area contributed by atoms with Crippen molar-refractivity contribution >= 4 is 5.97 Å². The van der Waals surface area contributed by atoms with Crippen LogP contribution in [0.15, 0.2) is 36.4 Å². The summed E-state index contributed by atoms with van der Waals surface area (Å²) in [5, 5.41) is 0. The maximum absolute atomic E-state index is 12.7. The number of hydrogen-bond acceptors (Lipinski definition) is 7. The number of hydrogen-bond donors (Lipinski definition) is 0. The molecule has 2 fully saturated rings. The molecule has 0 bridgehead atoms. The second-order valence-corrected chi connectivity index (χ2v) is 8.76. The molecule has 0 unspecified atom stereocenters. The van der Waals surface area contributed by atoms with Gasteiger partial charge in [-0.3, -0.25) is 4.90 Å². The maximum atomic E-state index is 12.7. The summed E-state index contributed by atoms with van der Waals surface area (Å²) in [7, 11) is 6.29. The Hall–Kier alpha value is -2.93. The van der Waals surface area contributed by atoms with Gasteiger partial charge in [-0.15, -0.1) is 0 Å². The molecule has 4 rings (SSSR count). The molecule has 0 N–H and O–H groups in total. The fourth-order valence-corrected chi connectivity index (χ4v) is 5.10. The number of benzene rings is 2. The molecule has 2 saturated heterocycles. The van der Waals surface area contributed by atoms with Gasteiger partial charge in [0.25, 0.3) is 0 Å². The van der Waals surface area contributed by atoms with Crippen LogP contribution in [0.5, 0.6) is 23.0 Å². The zero-order valence-corrected chi connectivity index (χ0v) is 19.8. The van der Waals surface area contributed by atoms with E-state index >= 15 is 0 Å². The van der Waals surface area contributed by atoms with E-state index in [2.05, 4.69) is 17.0 Å². The van der Waals surface area contributed by atoms with Crippen molar-refractivity contribution in [2.24, 2.45) is 5.92 Å². The van der Waals surface area contributed by atoms with Crippen molar-refractivity contribution in [2.75, 3.05) is 48.1 Å². The largest absolute Gasteiger partial charge is 0.497 e. The van der Waals surface area contributed by atoms with E-state index in [0.29, 0.717) is 47.3 Å². The summed E-state index contributed by atoms with van der Waals surface area (Å²) in [4.78, 5) is 15.3. The number of fused-ring (bicyclic) bond motifs is 1. The molecule has 7 nitrogen and oxygen atoms in total. The van der Waals surface area contributed by atoms with Gasteiger partial charge in [0.2, 0.25) is 5.75 Å². The molecule has 0 aromatic heterocycles. The van der Waals surface area contributed by atoms with Crippen LogP contribution in [-0.2, 0) is 4.74 Å². The van der Waals surface area contributed by atoms with E-state index in [9.17, 15) is 4.79 Å². The molecule has 178 valence electrons. The fraction of sp³-hybridized carbons (Fsp3) is 0.500. The highest BCUT2D eigenvalue weighted by atomic mass is 16.5. The third-order valence-corrected chi connectivity index (χ3v) is 6.90. The smallest absolute Gasteiger partial charge is 0.338 e. The minimum absolute atomic E-state index is 0.367. The number of methoxy groups -OCH3 is 4. The first-order chi connectivity index (χ1) is 16.1. The van der Waals surface area contributed by atoms with Crippen LogP contribution in [0.1, 0.15) is 41.1 Å². The van der Waals surface area contributed by atoms with Crippen molar-refractivity contribution in [1.29, 1.82) is 0 Å². The molecule has 0 spiro atoms. The van der Waals surface area contributed by atoms with Crippen molar-refractivity contribution < 1.29 is 28.5 Å². The Kier molecular flexibility index (Phi) is 7.28. The third kappa shape index (κ3) is 5.03. The van der Waals surface area contributed by atoms with E-state index in [4.69, 9.17) is 23.7 Å². The minimum Gasteiger partial charge on any atom is -0.497 e. The van der Waals surface area contributed by atoms with Gasteiger partial charge in [0.15, 0.2) is 11.5 Å². The van der Waals surface area contributed by atoms with E-state index in [0.717, 1.165) is 38.1 Å². The number of ether oxygens (including phenoxy) is 5. The standard InChI is InChI=1S/C26H33NO6/c1-29-22-7-5-18(6-8-22)20-12-21-11-17(9-10-27(21)15-20)16-33-26(28)19-13-23(30-2)25(32-4)24(14-19)31-3/h5-8,13-14,17,20-21H,9-12,15-16H2,1-4H3/t17-,20+,21-/m1/s1. The molecule has 2 aliphatic rings. The number of carbonyl (C=O) groups is 1. The number of piperidine rings is 1. The fourth-order valence-electron chi connectivity index (χ4n) is 5.10. The molecule has 7 heteroatoms. The normalized spacial score (nSPS) is 22.4. The first kappa shape index (κ1) is 23.2. The van der Waals surface area contributed by atoms with Crippen molar-refractivity contribution in [3.05, 3.63) is 47.5 Å². The number of esters is 1. The highest BCUT2D eigenvalue weighted by molar-refractivity contribution is 5.91. The average Bonchev–Trinajstić information content (AvgIpc) is 3.29. The van der Waals surface area contributed by atoms with Crippen molar-refractivity contribution in [3.63, 3.8) is 0 Å². The van der Waals surface area contributed by atoms with E-state index < -0.39 is 0 Å². The van der Waals surface area contributed by atoms with Gasteiger partial charge in [-0.1, -0.05) is 12.1 Å². The van der Waals surface area contributed by atoms with Gasteiger partial charge >= 0.3 is 5.97 Å². The first-order valence-corrected chi connectivity index (χ1v) is 11.4. The number of carbonyl (C=O) groups excluding carboxylic acids is 1. The zero-order valence-electron chi connectivity index (χ0n) is 19.8. The van der Waals surface area contributed by atoms with Crippen LogP contribution in [0, 0.1) is 5.92 Å². The molecular formula is C26H33NO6. The summed E-state index contributed by atoms with van der Waals surface area (Å²) in [6.07, 6.45) is 3.23. The van der Waals surface area contributed by atoms with Gasteiger partial charge in [-0.25, -0.2) is 4.79 Å². The van der Waals surface area contributed by atoms with E-state index in [1.165, 1.54) is 26.9 Å². The minimum atomic E-state index is -0.376. The Morgan fingerprint density at radius 3 is 2.24 bits per heavy atom. The summed E-state index contributed by atoms with van der Waals surface area (Å²) in [5.74, 6) is 2.76. The Morgan fingerprint density at radius 1 is 0.939 bits per heavy atom. The summed E-state index contributed by atoms with van der Waals surface area (Å²) in [6.45, 7) is 2.56. The first-order valence-electron chi connectivity index (χ1n) is 11.4. The predicted octanol–water partition coefficient (Wildman–Crippen LogP) is 4.15. The van der Waals surface area contributed by atoms with E-state index in [1.807, 2.05) is 12.1 Å². The second-order valence-electron chi connectivity index (χ2n) is 8.76. The van der Waals surface area contributed by atoms with Crippen LogP contribution < -0.4 is 18.9 Å². The Morgan fingerprint density at radius 2 is 1.64 bits per heavy atom. The van der Waals surface area contributed by atoms with Crippen LogP contribution in [0.3, 0.4) is 0 Å². The topological polar surface area (TPSA) is 66.5 Å². The lowest BCUT2D eigenvalue weighted by Gasteiger charge is -2.34. The van der Waals surface area contributed by atoms with Crippen molar-refractivity contribution in [2.45, 2.75) is 31.2 Å². The molecule has 0 aliphatic carbocycles. The SMILES string of the molecule is COc1ccc([C@H]2C[C@H]3C[C@H](COC(=O)c4cc(OC)c(OC)c(OC)c4)CCN3C2)cc1. The highest BCUT2D eigenvalue weighted by Gasteiger charge is 2.37. The molecule has 0 radical (unpaired) electrons. The lowest BCUT2D eigenvalue weighted by atomic mass is 9.89. The van der Waals surface area contributed by atoms with E-state index in [1.54, 1.807) is 19.2 Å². The number of rotatable bonds is 8. The quantitative estimate of drug-likeness (QED) is 0.554. The molecule has 2 aromatic rings. The van der Waals surface area contributed by atoms with Crippen molar-refractivity contribution in [3.8, 4) is 23.0 Å². The lowest BCUT2D eigenvalue weighted by molar-refractivity contribution is 0.0339. The maximum Gasteiger partial charge on any atom is 0.338 e. The van der Waals surface area contributed by atoms with Gasteiger partial charge < -0.3 is 23.7 Å². The van der Waals surface area contributed by atoms with Crippen LogP contribution >= 0.6 is 0 Å². The molecular weight excluding hydrogens is 422 g/mol. The summed E-state index contributed by atoms with van der Waals surface area (Å²) in [6, 6.07) is 12.2. The van der Waals surface area contributed by atoms with Crippen LogP contribution in [0.2, 0.25) is 0 Å². The summed E-state index contributed by atoms with van der Waals surface area (Å²) in [5.41, 5.74) is 1.76. The lowest BCUT2D eigenvalue weighted by Crippen LogP contribution is -2.39. The molecule has 2 heterocycles. The van der Waals surface area contributed by atoms with Gasteiger partial charge in [-0.2, -0.15) is 0 Å². The second kappa shape index (κ2) is 10.3. The average molecular weight is 456 g/mol. The van der Waals surface area contributed by atoms with Gasteiger partial charge in [-0.05, 0) is 67.5 Å². The van der Waals surface area contributed by atoms with Gasteiger partial charge in [0.05, 0.1) is 40.6 Å². The predicted molar refractivity (Wildman–Crippen MR) is 125 cm³/mol. The van der Waals surface area contributed by atoms with Gasteiger partial charge in [0.1, 0.15) is 5.75 Å². The van der Waals surface area contributed by atoms with Crippen LogP contribution in [0.4, 0.5) is 0 Å². The van der Waals surface area contributed by atoms with E-state index in [-0.39, 0.29) is 5.97 Å². The number of nitrogens with zero attached hydrogens (tertiary/aromatic N) is 1. The monoisotopic (exact) mass is 455 g/mol. The Bertz CT molecular complexity index is 935. The molecule has 0 amide bonds. The molecule has 3 atom stereocenters. The van der Waals surface area contributed by atoms with Crippen LogP contribution in [-0.4, -0.2) is 65.0 Å². The Balaban J connectivity index is 1.33. The van der Waals surface area contributed by atoms with Crippen molar-refractivity contribution in [1.82, 2.24) is 4.90 Å². The Labute approximate surface area is 195 Å². The summed E-state index contributed by atoms with van der Waals surface area (Å²) >= 11 is 0.